The van der Waals surface area contributed by atoms with Crippen molar-refractivity contribution in [1.82, 2.24) is 5.32 Å². The summed E-state index contributed by atoms with van der Waals surface area (Å²) in [5, 5.41) is 4.93. The Hall–Kier alpha value is -0.390. The number of sulfone groups is 1. The number of rotatable bonds is 8. The van der Waals surface area contributed by atoms with E-state index in [0.717, 1.165) is 13.0 Å². The fourth-order valence-corrected chi connectivity index (χ4v) is 3.79. The van der Waals surface area contributed by atoms with Crippen LogP contribution in [0, 0.1) is 5.92 Å². The highest BCUT2D eigenvalue weighted by Gasteiger charge is 2.20. The van der Waals surface area contributed by atoms with Gasteiger partial charge >= 0.3 is 0 Å². The van der Waals surface area contributed by atoms with Gasteiger partial charge in [-0.1, -0.05) is 19.9 Å². The van der Waals surface area contributed by atoms with Crippen LogP contribution in [-0.4, -0.2) is 26.0 Å². The van der Waals surface area contributed by atoms with E-state index in [-0.39, 0.29) is 5.25 Å². The lowest BCUT2D eigenvalue weighted by molar-refractivity contribution is 0.555. The average Bonchev–Trinajstić information content (AvgIpc) is 2.79. The Morgan fingerprint density at radius 3 is 2.61 bits per heavy atom. The first kappa shape index (κ1) is 15.7. The lowest BCUT2D eigenvalue weighted by Crippen LogP contribution is -2.32. The summed E-state index contributed by atoms with van der Waals surface area (Å²) in [7, 11) is -2.96. The molecule has 3 nitrogen and oxygen atoms in total. The molecule has 5 heteroatoms. The van der Waals surface area contributed by atoms with E-state index in [1.54, 1.807) is 18.3 Å². The predicted octanol–water partition coefficient (Wildman–Crippen LogP) is 2.69. The maximum absolute atomic E-state index is 12.0. The molecule has 0 fully saturated rings. The molecule has 1 heterocycles. The SMILES string of the molecule is CC(C)CCS(=O)(=O)C(C)CNCc1cccs1. The minimum atomic E-state index is -2.96. The summed E-state index contributed by atoms with van der Waals surface area (Å²) >= 11 is 1.68. The van der Waals surface area contributed by atoms with Crippen molar-refractivity contribution in [3.05, 3.63) is 22.4 Å². The summed E-state index contributed by atoms with van der Waals surface area (Å²) in [4.78, 5) is 1.24. The van der Waals surface area contributed by atoms with Crippen LogP contribution in [0.15, 0.2) is 17.5 Å². The second-order valence-corrected chi connectivity index (χ2v) is 8.64. The third kappa shape index (κ3) is 5.50. The minimum absolute atomic E-state index is 0.298. The van der Waals surface area contributed by atoms with E-state index in [4.69, 9.17) is 0 Å². The van der Waals surface area contributed by atoms with Gasteiger partial charge in [0.2, 0.25) is 0 Å². The van der Waals surface area contributed by atoms with Crippen molar-refractivity contribution in [2.24, 2.45) is 5.92 Å². The number of nitrogens with one attached hydrogen (secondary N) is 1. The van der Waals surface area contributed by atoms with Gasteiger partial charge in [0.15, 0.2) is 9.84 Å². The number of hydrogen-bond acceptors (Lipinski definition) is 4. The Balaban J connectivity index is 2.32. The first-order chi connectivity index (χ1) is 8.42. The molecule has 0 amide bonds. The topological polar surface area (TPSA) is 46.2 Å². The lowest BCUT2D eigenvalue weighted by Gasteiger charge is -2.14. The van der Waals surface area contributed by atoms with Gasteiger partial charge in [0.25, 0.3) is 0 Å². The Labute approximate surface area is 115 Å². The Morgan fingerprint density at radius 1 is 1.33 bits per heavy atom. The molecule has 1 atom stereocenters. The molecule has 104 valence electrons. The molecular formula is C13H23NO2S2. The molecule has 0 aliphatic heterocycles. The summed E-state index contributed by atoms with van der Waals surface area (Å²) < 4.78 is 24.0. The molecule has 0 saturated carbocycles. The van der Waals surface area contributed by atoms with Gasteiger partial charge in [0.05, 0.1) is 11.0 Å². The van der Waals surface area contributed by atoms with Gasteiger partial charge in [-0.15, -0.1) is 11.3 Å². The van der Waals surface area contributed by atoms with E-state index in [2.05, 4.69) is 25.2 Å². The largest absolute Gasteiger partial charge is 0.311 e. The van der Waals surface area contributed by atoms with Gasteiger partial charge in [-0.05, 0) is 30.7 Å². The molecule has 0 bridgehead atoms. The van der Waals surface area contributed by atoms with Crippen molar-refractivity contribution >= 4 is 21.2 Å². The fraction of sp³-hybridized carbons (Fsp3) is 0.692. The Kier molecular flexibility index (Phi) is 6.32. The fourth-order valence-electron chi connectivity index (χ4n) is 1.54. The molecule has 0 aliphatic carbocycles. The maximum atomic E-state index is 12.0. The second-order valence-electron chi connectivity index (χ2n) is 5.07. The molecule has 0 aliphatic rings. The monoisotopic (exact) mass is 289 g/mol. The van der Waals surface area contributed by atoms with Gasteiger partial charge in [-0.2, -0.15) is 0 Å². The normalized spacial score (nSPS) is 14.0. The number of thiophene rings is 1. The molecule has 18 heavy (non-hydrogen) atoms. The summed E-state index contributed by atoms with van der Waals surface area (Å²) in [6, 6.07) is 4.06. The standard InChI is InChI=1S/C13H23NO2S2/c1-11(2)6-8-18(15,16)12(3)9-14-10-13-5-4-7-17-13/h4-5,7,11-12,14H,6,8-10H2,1-3H3. The Morgan fingerprint density at radius 2 is 2.06 bits per heavy atom. The van der Waals surface area contributed by atoms with Crippen LogP contribution in [0.25, 0.3) is 0 Å². The van der Waals surface area contributed by atoms with Gasteiger partial charge in [-0.25, -0.2) is 8.42 Å². The van der Waals surface area contributed by atoms with Crippen molar-refractivity contribution < 1.29 is 8.42 Å². The average molecular weight is 289 g/mol. The van der Waals surface area contributed by atoms with E-state index in [1.165, 1.54) is 4.88 Å². The van der Waals surface area contributed by atoms with Crippen LogP contribution >= 0.6 is 11.3 Å². The van der Waals surface area contributed by atoms with Crippen LogP contribution in [0.3, 0.4) is 0 Å². The Bertz CT molecular complexity index is 424. The van der Waals surface area contributed by atoms with E-state index < -0.39 is 9.84 Å². The smallest absolute Gasteiger partial charge is 0.154 e. The molecule has 1 N–H and O–H groups in total. The van der Waals surface area contributed by atoms with Crippen LogP contribution in [0.1, 0.15) is 32.1 Å². The van der Waals surface area contributed by atoms with Crippen molar-refractivity contribution in [3.8, 4) is 0 Å². The molecule has 1 aromatic heterocycles. The highest BCUT2D eigenvalue weighted by atomic mass is 32.2. The summed E-state index contributed by atoms with van der Waals surface area (Å²) in [6.07, 6.45) is 0.748. The molecule has 0 aromatic carbocycles. The van der Waals surface area contributed by atoms with Gasteiger partial charge in [-0.3, -0.25) is 0 Å². The third-order valence-corrected chi connectivity index (χ3v) is 5.98. The third-order valence-electron chi connectivity index (χ3n) is 2.90. The summed E-state index contributed by atoms with van der Waals surface area (Å²) in [5.41, 5.74) is 0. The molecule has 1 unspecified atom stereocenters. The highest BCUT2D eigenvalue weighted by molar-refractivity contribution is 7.92. The zero-order valence-electron chi connectivity index (χ0n) is 11.3. The van der Waals surface area contributed by atoms with Crippen LogP contribution in [0.2, 0.25) is 0 Å². The summed E-state index contributed by atoms with van der Waals surface area (Å²) in [6.45, 7) is 7.17. The van der Waals surface area contributed by atoms with E-state index in [0.29, 0.717) is 18.2 Å². The zero-order chi connectivity index (χ0) is 13.6. The van der Waals surface area contributed by atoms with Gasteiger partial charge in [0.1, 0.15) is 0 Å². The van der Waals surface area contributed by atoms with Crippen LogP contribution in [-0.2, 0) is 16.4 Å². The lowest BCUT2D eigenvalue weighted by atomic mass is 10.2. The van der Waals surface area contributed by atoms with Crippen LogP contribution in [0.4, 0.5) is 0 Å². The predicted molar refractivity (Wildman–Crippen MR) is 78.7 cm³/mol. The minimum Gasteiger partial charge on any atom is -0.311 e. The van der Waals surface area contributed by atoms with E-state index in [9.17, 15) is 8.42 Å². The molecule has 0 radical (unpaired) electrons. The zero-order valence-corrected chi connectivity index (χ0v) is 13.0. The maximum Gasteiger partial charge on any atom is 0.154 e. The van der Waals surface area contributed by atoms with E-state index >= 15 is 0 Å². The molecular weight excluding hydrogens is 266 g/mol. The van der Waals surface area contributed by atoms with E-state index in [1.807, 2.05) is 11.4 Å². The van der Waals surface area contributed by atoms with Crippen LogP contribution in [0.5, 0.6) is 0 Å². The second kappa shape index (κ2) is 7.26. The summed E-state index contributed by atoms with van der Waals surface area (Å²) in [5.74, 6) is 0.734. The van der Waals surface area contributed by atoms with Crippen molar-refractivity contribution in [2.45, 2.75) is 39.0 Å². The highest BCUT2D eigenvalue weighted by Crippen LogP contribution is 2.10. The quantitative estimate of drug-likeness (QED) is 0.800. The first-order valence-electron chi connectivity index (χ1n) is 6.36. The van der Waals surface area contributed by atoms with Gasteiger partial charge < -0.3 is 5.32 Å². The van der Waals surface area contributed by atoms with Crippen LogP contribution < -0.4 is 5.32 Å². The number of hydrogen-bond donors (Lipinski definition) is 1. The molecule has 0 saturated heterocycles. The molecule has 1 rings (SSSR count). The van der Waals surface area contributed by atoms with Crippen molar-refractivity contribution in [2.75, 3.05) is 12.3 Å². The van der Waals surface area contributed by atoms with Gasteiger partial charge in [0, 0.05) is 18.0 Å². The van der Waals surface area contributed by atoms with Crippen molar-refractivity contribution in [1.29, 1.82) is 0 Å². The van der Waals surface area contributed by atoms with Crippen molar-refractivity contribution in [3.63, 3.8) is 0 Å². The molecule has 1 aromatic rings. The first-order valence-corrected chi connectivity index (χ1v) is 8.96. The molecule has 0 spiro atoms.